The summed E-state index contributed by atoms with van der Waals surface area (Å²) in [5, 5.41) is 6.12. The van der Waals surface area contributed by atoms with E-state index in [0.29, 0.717) is 23.4 Å². The number of rotatable bonds is 6. The number of carbonyl (C=O) groups is 2. The highest BCUT2D eigenvalue weighted by atomic mass is 16.1. The van der Waals surface area contributed by atoms with Crippen molar-refractivity contribution in [2.45, 2.75) is 20.4 Å². The first-order chi connectivity index (χ1) is 13.0. The van der Waals surface area contributed by atoms with E-state index in [4.69, 9.17) is 0 Å². The van der Waals surface area contributed by atoms with Gasteiger partial charge in [-0.05, 0) is 55.3 Å². The molecule has 2 aromatic carbocycles. The van der Waals surface area contributed by atoms with Gasteiger partial charge in [-0.1, -0.05) is 24.3 Å². The lowest BCUT2D eigenvalue weighted by atomic mass is 10.1. The van der Waals surface area contributed by atoms with Gasteiger partial charge in [-0.15, -0.1) is 0 Å². The van der Waals surface area contributed by atoms with Crippen LogP contribution in [0.5, 0.6) is 0 Å². The standard InChI is InChI=1S/C22H21N3O2/c1-15-5-3-4-6-18(15)13-24-22(27)19-11-21(14-23-12-19)25-20-9-7-17(8-10-20)16(2)26/h3-12,14,25H,13H2,1-2H3,(H,24,27). The summed E-state index contributed by atoms with van der Waals surface area (Å²) in [6.07, 6.45) is 3.19. The second-order valence-electron chi connectivity index (χ2n) is 6.33. The van der Waals surface area contributed by atoms with Crippen LogP contribution >= 0.6 is 0 Å². The maximum Gasteiger partial charge on any atom is 0.253 e. The van der Waals surface area contributed by atoms with Crippen LogP contribution in [0.1, 0.15) is 38.8 Å². The molecule has 0 unspecified atom stereocenters. The van der Waals surface area contributed by atoms with E-state index in [2.05, 4.69) is 15.6 Å². The van der Waals surface area contributed by atoms with Gasteiger partial charge in [-0.25, -0.2) is 0 Å². The number of carbonyl (C=O) groups excluding carboxylic acids is 2. The fourth-order valence-corrected chi connectivity index (χ4v) is 2.67. The van der Waals surface area contributed by atoms with E-state index >= 15 is 0 Å². The molecule has 5 heteroatoms. The van der Waals surface area contributed by atoms with Crippen molar-refractivity contribution < 1.29 is 9.59 Å². The number of amides is 1. The van der Waals surface area contributed by atoms with Crippen LogP contribution in [0, 0.1) is 6.92 Å². The van der Waals surface area contributed by atoms with Gasteiger partial charge >= 0.3 is 0 Å². The summed E-state index contributed by atoms with van der Waals surface area (Å²) < 4.78 is 0. The Balaban J connectivity index is 1.66. The van der Waals surface area contributed by atoms with Crippen LogP contribution in [-0.2, 0) is 6.54 Å². The average molecular weight is 359 g/mol. The summed E-state index contributed by atoms with van der Waals surface area (Å²) in [4.78, 5) is 27.9. The van der Waals surface area contributed by atoms with Crippen molar-refractivity contribution in [2.24, 2.45) is 0 Å². The molecule has 3 rings (SSSR count). The fraction of sp³-hybridized carbons (Fsp3) is 0.136. The zero-order chi connectivity index (χ0) is 19.2. The molecule has 0 fully saturated rings. The molecule has 1 amide bonds. The van der Waals surface area contributed by atoms with Crippen LogP contribution in [0.4, 0.5) is 11.4 Å². The molecule has 27 heavy (non-hydrogen) atoms. The van der Waals surface area contributed by atoms with Gasteiger partial charge in [-0.2, -0.15) is 0 Å². The summed E-state index contributed by atoms with van der Waals surface area (Å²) in [5.74, 6) is -0.156. The maximum absolute atomic E-state index is 12.4. The van der Waals surface area contributed by atoms with Crippen molar-refractivity contribution in [1.29, 1.82) is 0 Å². The van der Waals surface area contributed by atoms with Gasteiger partial charge in [-0.3, -0.25) is 14.6 Å². The Morgan fingerprint density at radius 2 is 1.67 bits per heavy atom. The Hall–Kier alpha value is -3.47. The number of aromatic nitrogens is 1. The topological polar surface area (TPSA) is 71.1 Å². The maximum atomic E-state index is 12.4. The summed E-state index contributed by atoms with van der Waals surface area (Å²) in [5.41, 5.74) is 4.88. The van der Waals surface area contributed by atoms with Crippen molar-refractivity contribution in [2.75, 3.05) is 5.32 Å². The molecular formula is C22H21N3O2. The minimum absolute atomic E-state index is 0.0236. The van der Waals surface area contributed by atoms with Gasteiger partial charge < -0.3 is 10.6 Å². The van der Waals surface area contributed by atoms with E-state index in [1.165, 1.54) is 13.1 Å². The average Bonchev–Trinajstić information content (AvgIpc) is 2.68. The Kier molecular flexibility index (Phi) is 5.61. The number of aryl methyl sites for hydroxylation is 1. The van der Waals surface area contributed by atoms with Gasteiger partial charge in [0.05, 0.1) is 17.4 Å². The number of pyridine rings is 1. The minimum Gasteiger partial charge on any atom is -0.354 e. The third-order valence-electron chi connectivity index (χ3n) is 4.28. The Morgan fingerprint density at radius 3 is 2.37 bits per heavy atom. The molecule has 136 valence electrons. The van der Waals surface area contributed by atoms with Crippen LogP contribution in [0.15, 0.2) is 67.0 Å². The lowest BCUT2D eigenvalue weighted by molar-refractivity contribution is 0.0949. The van der Waals surface area contributed by atoms with E-state index in [9.17, 15) is 9.59 Å². The highest BCUT2D eigenvalue weighted by Crippen LogP contribution is 2.18. The van der Waals surface area contributed by atoms with Crippen LogP contribution < -0.4 is 10.6 Å². The molecule has 0 aliphatic rings. The summed E-state index contributed by atoms with van der Waals surface area (Å²) in [6.45, 7) is 4.02. The first-order valence-corrected chi connectivity index (χ1v) is 8.69. The summed E-state index contributed by atoms with van der Waals surface area (Å²) >= 11 is 0. The molecule has 2 N–H and O–H groups in total. The second-order valence-corrected chi connectivity index (χ2v) is 6.33. The van der Waals surface area contributed by atoms with Crippen LogP contribution in [0.2, 0.25) is 0 Å². The molecule has 0 aliphatic heterocycles. The van der Waals surface area contributed by atoms with Gasteiger partial charge in [0.25, 0.3) is 5.91 Å². The number of Topliss-reactive ketones (excluding diaryl/α,β-unsaturated/α-hetero) is 1. The zero-order valence-electron chi connectivity index (χ0n) is 15.3. The minimum atomic E-state index is -0.179. The van der Waals surface area contributed by atoms with Crippen LogP contribution in [-0.4, -0.2) is 16.7 Å². The highest BCUT2D eigenvalue weighted by molar-refractivity contribution is 5.95. The number of nitrogens with one attached hydrogen (secondary N) is 2. The first kappa shape index (κ1) is 18.3. The van der Waals surface area contributed by atoms with E-state index < -0.39 is 0 Å². The molecule has 3 aromatic rings. The molecule has 0 atom stereocenters. The first-order valence-electron chi connectivity index (χ1n) is 8.69. The molecule has 5 nitrogen and oxygen atoms in total. The number of ketones is 1. The smallest absolute Gasteiger partial charge is 0.253 e. The van der Waals surface area contributed by atoms with Gasteiger partial charge in [0, 0.05) is 24.0 Å². The van der Waals surface area contributed by atoms with Gasteiger partial charge in [0.2, 0.25) is 0 Å². The molecule has 0 bridgehead atoms. The molecule has 0 saturated carbocycles. The van der Waals surface area contributed by atoms with E-state index in [1.54, 1.807) is 24.4 Å². The molecule has 1 heterocycles. The lowest BCUT2D eigenvalue weighted by Gasteiger charge is -2.10. The van der Waals surface area contributed by atoms with Gasteiger partial charge in [0.15, 0.2) is 5.78 Å². The molecule has 1 aromatic heterocycles. The Bertz CT molecular complexity index is 965. The van der Waals surface area contributed by atoms with E-state index in [0.717, 1.165) is 16.8 Å². The molecule has 0 aliphatic carbocycles. The van der Waals surface area contributed by atoms with Crippen LogP contribution in [0.3, 0.4) is 0 Å². The van der Waals surface area contributed by atoms with Crippen molar-refractivity contribution in [1.82, 2.24) is 10.3 Å². The summed E-state index contributed by atoms with van der Waals surface area (Å²) in [7, 11) is 0. The fourth-order valence-electron chi connectivity index (χ4n) is 2.67. The predicted octanol–water partition coefficient (Wildman–Crippen LogP) is 4.27. The number of anilines is 2. The summed E-state index contributed by atoms with van der Waals surface area (Å²) in [6, 6.07) is 16.9. The number of hydrogen-bond donors (Lipinski definition) is 2. The Morgan fingerprint density at radius 1 is 0.926 bits per heavy atom. The van der Waals surface area contributed by atoms with Crippen molar-refractivity contribution in [3.05, 3.63) is 89.2 Å². The SMILES string of the molecule is CC(=O)c1ccc(Nc2cncc(C(=O)NCc3ccccc3C)c2)cc1. The molecule has 0 saturated heterocycles. The van der Waals surface area contributed by atoms with Crippen LogP contribution in [0.25, 0.3) is 0 Å². The number of nitrogens with zero attached hydrogens (tertiary/aromatic N) is 1. The molecular weight excluding hydrogens is 338 g/mol. The highest BCUT2D eigenvalue weighted by Gasteiger charge is 2.08. The van der Waals surface area contributed by atoms with Crippen molar-refractivity contribution >= 4 is 23.1 Å². The lowest BCUT2D eigenvalue weighted by Crippen LogP contribution is -2.23. The quantitative estimate of drug-likeness (QED) is 0.645. The van der Waals surface area contributed by atoms with Crippen molar-refractivity contribution in [3.8, 4) is 0 Å². The zero-order valence-corrected chi connectivity index (χ0v) is 15.3. The number of hydrogen-bond acceptors (Lipinski definition) is 4. The third-order valence-corrected chi connectivity index (χ3v) is 4.28. The largest absolute Gasteiger partial charge is 0.354 e. The third kappa shape index (κ3) is 4.79. The van der Waals surface area contributed by atoms with Crippen molar-refractivity contribution in [3.63, 3.8) is 0 Å². The van der Waals surface area contributed by atoms with E-state index in [-0.39, 0.29) is 11.7 Å². The normalized spacial score (nSPS) is 10.3. The molecule has 0 radical (unpaired) electrons. The van der Waals surface area contributed by atoms with E-state index in [1.807, 2.05) is 43.3 Å². The predicted molar refractivity (Wildman–Crippen MR) is 106 cm³/mol. The van der Waals surface area contributed by atoms with Gasteiger partial charge in [0.1, 0.15) is 0 Å². The monoisotopic (exact) mass is 359 g/mol. The Labute approximate surface area is 158 Å². The number of benzene rings is 2. The second kappa shape index (κ2) is 8.27. The molecule has 0 spiro atoms.